The minimum Gasteiger partial charge on any atom is -0.497 e. The smallest absolute Gasteiger partial charge is 0.173 e. The summed E-state index contributed by atoms with van der Waals surface area (Å²) in [5, 5.41) is 1.98. The second-order valence-electron chi connectivity index (χ2n) is 6.45. The highest BCUT2D eigenvalue weighted by Crippen LogP contribution is 2.36. The number of Topliss-reactive ketones (excluding diaryl/α,β-unsaturated/α-hetero) is 1. The zero-order valence-corrected chi connectivity index (χ0v) is 17.3. The van der Waals surface area contributed by atoms with Crippen LogP contribution in [0.4, 0.5) is 0 Å². The first kappa shape index (κ1) is 18.9. The molecular formula is C20H22N2O2S2. The predicted octanol–water partition coefficient (Wildman–Crippen LogP) is 5.42. The van der Waals surface area contributed by atoms with Crippen LogP contribution in [-0.2, 0) is 0 Å². The van der Waals surface area contributed by atoms with Gasteiger partial charge in [0.1, 0.15) is 21.4 Å². The fourth-order valence-corrected chi connectivity index (χ4v) is 4.69. The molecule has 0 radical (unpaired) electrons. The summed E-state index contributed by atoms with van der Waals surface area (Å²) in [4.78, 5) is 24.3. The highest BCUT2D eigenvalue weighted by molar-refractivity contribution is 8.00. The summed E-state index contributed by atoms with van der Waals surface area (Å²) >= 11 is 3.18. The van der Waals surface area contributed by atoms with E-state index < -0.39 is 0 Å². The van der Waals surface area contributed by atoms with Crippen LogP contribution in [0.5, 0.6) is 5.75 Å². The summed E-state index contributed by atoms with van der Waals surface area (Å²) < 4.78 is 5.21. The second-order valence-corrected chi connectivity index (χ2v) is 8.62. The Labute approximate surface area is 162 Å². The molecule has 3 rings (SSSR count). The lowest BCUT2D eigenvalue weighted by atomic mass is 10.1. The van der Waals surface area contributed by atoms with Crippen molar-refractivity contribution in [3.63, 3.8) is 0 Å². The number of aromatic nitrogens is 2. The molecule has 2 heterocycles. The number of hydrogen-bond acceptors (Lipinski definition) is 6. The van der Waals surface area contributed by atoms with Crippen molar-refractivity contribution in [2.75, 3.05) is 12.9 Å². The van der Waals surface area contributed by atoms with Crippen LogP contribution < -0.4 is 4.74 Å². The van der Waals surface area contributed by atoms with Gasteiger partial charge in [0.05, 0.1) is 12.9 Å². The molecule has 0 unspecified atom stereocenters. The average Bonchev–Trinajstić information content (AvgIpc) is 2.93. The maximum absolute atomic E-state index is 12.6. The van der Waals surface area contributed by atoms with Crippen LogP contribution in [0.25, 0.3) is 10.2 Å². The Morgan fingerprint density at radius 2 is 2.04 bits per heavy atom. The molecule has 1 aromatic carbocycles. The molecule has 0 N–H and O–H groups in total. The van der Waals surface area contributed by atoms with E-state index in [-0.39, 0.29) is 11.7 Å². The largest absolute Gasteiger partial charge is 0.497 e. The molecule has 0 saturated heterocycles. The molecule has 0 bridgehead atoms. The SMILES string of the molecule is COc1cccc(C(=O)CSc2nc(C(C)C)nc3sc(C)c(C)c23)c1. The highest BCUT2D eigenvalue weighted by Gasteiger charge is 2.18. The number of ketones is 1. The molecule has 0 amide bonds. The number of carbonyl (C=O) groups is 1. The predicted molar refractivity (Wildman–Crippen MR) is 109 cm³/mol. The molecule has 4 nitrogen and oxygen atoms in total. The second kappa shape index (κ2) is 7.76. The normalized spacial score (nSPS) is 11.3. The van der Waals surface area contributed by atoms with E-state index in [1.807, 2.05) is 18.2 Å². The molecule has 0 aliphatic heterocycles. The van der Waals surface area contributed by atoms with Gasteiger partial charge in [-0.15, -0.1) is 11.3 Å². The first-order valence-electron chi connectivity index (χ1n) is 8.48. The maximum Gasteiger partial charge on any atom is 0.173 e. The van der Waals surface area contributed by atoms with Crippen molar-refractivity contribution in [1.29, 1.82) is 0 Å². The average molecular weight is 387 g/mol. The lowest BCUT2D eigenvalue weighted by molar-refractivity contribution is 0.102. The third kappa shape index (κ3) is 3.76. The van der Waals surface area contributed by atoms with Gasteiger partial charge in [0.25, 0.3) is 0 Å². The van der Waals surface area contributed by atoms with Crippen molar-refractivity contribution >= 4 is 39.1 Å². The molecule has 136 valence electrons. The number of thiophene rings is 1. The van der Waals surface area contributed by atoms with Gasteiger partial charge in [-0.1, -0.05) is 37.7 Å². The van der Waals surface area contributed by atoms with Gasteiger partial charge in [-0.3, -0.25) is 4.79 Å². The zero-order valence-electron chi connectivity index (χ0n) is 15.6. The topological polar surface area (TPSA) is 52.1 Å². The van der Waals surface area contributed by atoms with Crippen LogP contribution in [0.3, 0.4) is 0 Å². The van der Waals surface area contributed by atoms with E-state index in [0.29, 0.717) is 17.1 Å². The lowest BCUT2D eigenvalue weighted by Crippen LogP contribution is -2.04. The van der Waals surface area contributed by atoms with E-state index >= 15 is 0 Å². The van der Waals surface area contributed by atoms with Crippen LogP contribution in [0.15, 0.2) is 29.3 Å². The number of aryl methyl sites for hydroxylation is 2. The minimum absolute atomic E-state index is 0.0661. The number of nitrogens with zero attached hydrogens (tertiary/aromatic N) is 2. The lowest BCUT2D eigenvalue weighted by Gasteiger charge is -2.09. The van der Waals surface area contributed by atoms with Gasteiger partial charge in [0.15, 0.2) is 5.78 Å². The third-order valence-electron chi connectivity index (χ3n) is 4.26. The Bertz CT molecular complexity index is 964. The van der Waals surface area contributed by atoms with Crippen molar-refractivity contribution in [2.24, 2.45) is 0 Å². The fourth-order valence-electron chi connectivity index (χ4n) is 2.60. The molecule has 0 aliphatic carbocycles. The molecule has 0 fully saturated rings. The van der Waals surface area contributed by atoms with Gasteiger partial charge >= 0.3 is 0 Å². The molecule has 0 saturated carbocycles. The molecule has 0 aliphatic rings. The maximum atomic E-state index is 12.6. The first-order chi connectivity index (χ1) is 12.4. The summed E-state index contributed by atoms with van der Waals surface area (Å²) in [6.45, 7) is 8.38. The Hall–Kier alpha value is -1.92. The molecular weight excluding hydrogens is 364 g/mol. The molecule has 0 spiro atoms. The van der Waals surface area contributed by atoms with E-state index in [9.17, 15) is 4.79 Å². The molecule has 3 aromatic rings. The van der Waals surface area contributed by atoms with Crippen molar-refractivity contribution in [3.8, 4) is 5.75 Å². The Morgan fingerprint density at radius 3 is 2.73 bits per heavy atom. The van der Waals surface area contributed by atoms with E-state index in [1.54, 1.807) is 24.5 Å². The van der Waals surface area contributed by atoms with Gasteiger partial charge in [0, 0.05) is 21.7 Å². The van der Waals surface area contributed by atoms with Gasteiger partial charge in [0.2, 0.25) is 0 Å². The van der Waals surface area contributed by atoms with Crippen LogP contribution in [0.1, 0.15) is 46.4 Å². The third-order valence-corrected chi connectivity index (χ3v) is 6.34. The van der Waals surface area contributed by atoms with Gasteiger partial charge in [-0.2, -0.15) is 0 Å². The summed E-state index contributed by atoms with van der Waals surface area (Å²) in [5.41, 5.74) is 1.86. The number of thioether (sulfide) groups is 1. The number of benzene rings is 1. The van der Waals surface area contributed by atoms with Gasteiger partial charge in [-0.25, -0.2) is 9.97 Å². The molecule has 0 atom stereocenters. The Kier molecular flexibility index (Phi) is 5.63. The number of ether oxygens (including phenoxy) is 1. The number of hydrogen-bond donors (Lipinski definition) is 0. The summed E-state index contributed by atoms with van der Waals surface area (Å²) in [5.74, 6) is 2.17. The highest BCUT2D eigenvalue weighted by atomic mass is 32.2. The monoisotopic (exact) mass is 386 g/mol. The molecule has 26 heavy (non-hydrogen) atoms. The van der Waals surface area contributed by atoms with Gasteiger partial charge < -0.3 is 4.74 Å². The van der Waals surface area contributed by atoms with Crippen LogP contribution in [0.2, 0.25) is 0 Å². The Balaban J connectivity index is 1.91. The number of carbonyl (C=O) groups excluding carboxylic acids is 1. The number of fused-ring (bicyclic) bond motifs is 1. The van der Waals surface area contributed by atoms with E-state index in [4.69, 9.17) is 14.7 Å². The number of methoxy groups -OCH3 is 1. The standard InChI is InChI=1S/C20H22N2O2S2/c1-11(2)18-21-19(17-12(3)13(4)26-20(17)22-18)25-10-16(23)14-7-6-8-15(9-14)24-5/h6-9,11H,10H2,1-5H3. The molecule has 6 heteroatoms. The van der Waals surface area contributed by atoms with Crippen LogP contribution in [-0.4, -0.2) is 28.6 Å². The summed E-state index contributed by atoms with van der Waals surface area (Å²) in [6, 6.07) is 7.27. The number of rotatable bonds is 6. The minimum atomic E-state index is 0.0661. The first-order valence-corrected chi connectivity index (χ1v) is 10.3. The van der Waals surface area contributed by atoms with Crippen LogP contribution in [0, 0.1) is 13.8 Å². The van der Waals surface area contributed by atoms with Crippen molar-refractivity contribution in [1.82, 2.24) is 9.97 Å². The van der Waals surface area contributed by atoms with Crippen molar-refractivity contribution in [2.45, 2.75) is 38.6 Å². The van der Waals surface area contributed by atoms with Crippen molar-refractivity contribution < 1.29 is 9.53 Å². The Morgan fingerprint density at radius 1 is 1.27 bits per heavy atom. The summed E-state index contributed by atoms with van der Waals surface area (Å²) in [6.07, 6.45) is 0. The van der Waals surface area contributed by atoms with E-state index in [2.05, 4.69) is 27.7 Å². The van der Waals surface area contributed by atoms with E-state index in [1.165, 1.54) is 22.2 Å². The van der Waals surface area contributed by atoms with Crippen molar-refractivity contribution in [3.05, 3.63) is 46.1 Å². The van der Waals surface area contributed by atoms with E-state index in [0.717, 1.165) is 21.1 Å². The van der Waals surface area contributed by atoms with Crippen LogP contribution >= 0.6 is 23.1 Å². The molecule has 2 aromatic heterocycles. The zero-order chi connectivity index (χ0) is 18.8. The van der Waals surface area contributed by atoms with Gasteiger partial charge in [-0.05, 0) is 31.5 Å². The quantitative estimate of drug-likeness (QED) is 0.322. The fraction of sp³-hybridized carbons (Fsp3) is 0.350. The summed E-state index contributed by atoms with van der Waals surface area (Å²) in [7, 11) is 1.60.